The van der Waals surface area contributed by atoms with Crippen molar-refractivity contribution in [3.8, 4) is 0 Å². The van der Waals surface area contributed by atoms with Crippen molar-refractivity contribution in [1.29, 1.82) is 0 Å². The summed E-state index contributed by atoms with van der Waals surface area (Å²) in [5.74, 6) is 0. The molecule has 0 radical (unpaired) electrons. The fourth-order valence-electron chi connectivity index (χ4n) is 2.54. The van der Waals surface area contributed by atoms with Crippen molar-refractivity contribution in [1.82, 2.24) is 0 Å². The van der Waals surface area contributed by atoms with Gasteiger partial charge in [-0.3, -0.25) is 0 Å². The average molecular weight is 413 g/mol. The van der Waals surface area contributed by atoms with Gasteiger partial charge in [0, 0.05) is 5.19 Å². The molecule has 0 aliphatic heterocycles. The van der Waals surface area contributed by atoms with E-state index in [1.807, 2.05) is 6.08 Å². The van der Waals surface area contributed by atoms with E-state index in [9.17, 15) is 0 Å². The van der Waals surface area contributed by atoms with Gasteiger partial charge in [-0.15, -0.1) is 0 Å². The molecule has 0 atom stereocenters. The minimum atomic E-state index is -2.99. The second-order valence-electron chi connectivity index (χ2n) is 9.47. The number of rotatable bonds is 8. The standard InChI is InChI=1S/C18H36O3Si4/c1-12-17-13-14-18(15-16(17)2)25(19-22(3,4)5,20-23(6,7)8)21-24(9,10)11/h12-15H,1H2,2-11H3. The van der Waals surface area contributed by atoms with Crippen LogP contribution in [0.15, 0.2) is 24.8 Å². The van der Waals surface area contributed by atoms with Crippen molar-refractivity contribution in [2.75, 3.05) is 0 Å². The lowest BCUT2D eigenvalue weighted by molar-refractivity contribution is 0.273. The highest BCUT2D eigenvalue weighted by Gasteiger charge is 2.52. The van der Waals surface area contributed by atoms with E-state index < -0.39 is 33.8 Å². The number of benzene rings is 1. The van der Waals surface area contributed by atoms with Gasteiger partial charge in [0.05, 0.1) is 0 Å². The van der Waals surface area contributed by atoms with Crippen LogP contribution in [-0.2, 0) is 12.3 Å². The summed E-state index contributed by atoms with van der Waals surface area (Å²) in [7, 11) is -8.63. The smallest absolute Gasteiger partial charge is 0.414 e. The van der Waals surface area contributed by atoms with Crippen molar-refractivity contribution in [3.63, 3.8) is 0 Å². The van der Waals surface area contributed by atoms with Gasteiger partial charge in [0.15, 0.2) is 25.0 Å². The van der Waals surface area contributed by atoms with Crippen molar-refractivity contribution in [2.24, 2.45) is 0 Å². The lowest BCUT2D eigenvalue weighted by Crippen LogP contribution is -2.67. The molecular weight excluding hydrogens is 377 g/mol. The van der Waals surface area contributed by atoms with E-state index in [2.05, 4.69) is 90.6 Å². The van der Waals surface area contributed by atoms with Gasteiger partial charge in [0.25, 0.3) is 0 Å². The molecule has 0 spiro atoms. The molecule has 1 aromatic carbocycles. The van der Waals surface area contributed by atoms with E-state index in [1.165, 1.54) is 5.56 Å². The fourth-order valence-corrected chi connectivity index (χ4v) is 15.9. The highest BCUT2D eigenvalue weighted by molar-refractivity contribution is 6.95. The topological polar surface area (TPSA) is 27.7 Å². The molecular formula is C18H36O3Si4. The third-order valence-corrected chi connectivity index (χ3v) is 14.8. The molecule has 0 saturated carbocycles. The first-order chi connectivity index (χ1) is 11.1. The molecule has 0 unspecified atom stereocenters. The Bertz CT molecular complexity index is 569. The molecule has 0 amide bonds. The molecule has 0 bridgehead atoms. The van der Waals surface area contributed by atoms with E-state index >= 15 is 0 Å². The third kappa shape index (κ3) is 7.46. The van der Waals surface area contributed by atoms with E-state index in [0.29, 0.717) is 0 Å². The van der Waals surface area contributed by atoms with Gasteiger partial charge in [-0.25, -0.2) is 0 Å². The molecule has 0 aromatic heterocycles. The normalized spacial score (nSPS) is 13.8. The Morgan fingerprint density at radius 1 is 0.760 bits per heavy atom. The van der Waals surface area contributed by atoms with E-state index in [1.54, 1.807) is 0 Å². The Hall–Kier alpha value is -0.292. The summed E-state index contributed by atoms with van der Waals surface area (Å²) < 4.78 is 20.3. The summed E-state index contributed by atoms with van der Waals surface area (Å²) >= 11 is 0. The van der Waals surface area contributed by atoms with Gasteiger partial charge < -0.3 is 12.3 Å². The van der Waals surface area contributed by atoms with Gasteiger partial charge >= 0.3 is 8.80 Å². The molecule has 0 heterocycles. The Balaban J connectivity index is 3.60. The third-order valence-electron chi connectivity index (χ3n) is 3.16. The van der Waals surface area contributed by atoms with Crippen LogP contribution in [0.4, 0.5) is 0 Å². The molecule has 0 saturated heterocycles. The van der Waals surface area contributed by atoms with Crippen LogP contribution in [0.25, 0.3) is 6.08 Å². The molecule has 142 valence electrons. The van der Waals surface area contributed by atoms with Crippen molar-refractivity contribution in [3.05, 3.63) is 35.9 Å². The average Bonchev–Trinajstić information content (AvgIpc) is 2.31. The maximum atomic E-state index is 6.77. The van der Waals surface area contributed by atoms with Crippen LogP contribution < -0.4 is 5.19 Å². The van der Waals surface area contributed by atoms with Crippen molar-refractivity contribution in [2.45, 2.75) is 65.8 Å². The van der Waals surface area contributed by atoms with Gasteiger partial charge in [-0.05, 0) is 77.0 Å². The van der Waals surface area contributed by atoms with Crippen LogP contribution in [0.2, 0.25) is 58.9 Å². The predicted molar refractivity (Wildman–Crippen MR) is 120 cm³/mol. The molecule has 7 heteroatoms. The van der Waals surface area contributed by atoms with Crippen LogP contribution >= 0.6 is 0 Å². The van der Waals surface area contributed by atoms with Crippen molar-refractivity contribution >= 4 is 45.0 Å². The van der Waals surface area contributed by atoms with Crippen LogP contribution in [0.5, 0.6) is 0 Å². The zero-order chi connectivity index (χ0) is 19.7. The maximum Gasteiger partial charge on any atom is 0.505 e. The second-order valence-corrected chi connectivity index (χ2v) is 26.3. The molecule has 0 aliphatic carbocycles. The molecule has 0 N–H and O–H groups in total. The van der Waals surface area contributed by atoms with Gasteiger partial charge in [0.1, 0.15) is 0 Å². The lowest BCUT2D eigenvalue weighted by atomic mass is 10.1. The fraction of sp³-hybridized carbons (Fsp3) is 0.556. The summed E-state index contributed by atoms with van der Waals surface area (Å²) in [6.07, 6.45) is 1.89. The second kappa shape index (κ2) is 7.75. The zero-order valence-electron chi connectivity index (χ0n) is 17.7. The zero-order valence-corrected chi connectivity index (χ0v) is 21.7. The first kappa shape index (κ1) is 22.7. The Kier molecular flexibility index (Phi) is 7.05. The first-order valence-corrected chi connectivity index (χ1v) is 20.9. The molecule has 0 aliphatic rings. The summed E-state index contributed by atoms with van der Waals surface area (Å²) in [4.78, 5) is 0. The number of hydrogen-bond donors (Lipinski definition) is 0. The van der Waals surface area contributed by atoms with E-state index in [-0.39, 0.29) is 0 Å². The Morgan fingerprint density at radius 2 is 1.16 bits per heavy atom. The number of aryl methyl sites for hydroxylation is 1. The van der Waals surface area contributed by atoms with E-state index in [0.717, 1.165) is 10.8 Å². The molecule has 25 heavy (non-hydrogen) atoms. The van der Waals surface area contributed by atoms with Crippen LogP contribution in [-0.4, -0.2) is 33.8 Å². The van der Waals surface area contributed by atoms with Gasteiger partial charge in [-0.2, -0.15) is 0 Å². The molecule has 0 fully saturated rings. The highest BCUT2D eigenvalue weighted by atomic mass is 28.5. The van der Waals surface area contributed by atoms with Gasteiger partial charge in [0.2, 0.25) is 0 Å². The molecule has 1 rings (SSSR count). The predicted octanol–water partition coefficient (Wildman–Crippen LogP) is 5.34. The monoisotopic (exact) mass is 412 g/mol. The largest absolute Gasteiger partial charge is 0.505 e. The van der Waals surface area contributed by atoms with Gasteiger partial charge in [-0.1, -0.05) is 30.9 Å². The molecule has 1 aromatic rings. The minimum absolute atomic E-state index is 1.09. The van der Waals surface area contributed by atoms with E-state index in [4.69, 9.17) is 12.3 Å². The maximum absolute atomic E-state index is 6.77. The van der Waals surface area contributed by atoms with Crippen LogP contribution in [0, 0.1) is 6.92 Å². The summed E-state index contributed by atoms with van der Waals surface area (Å²) in [6, 6.07) is 6.41. The van der Waals surface area contributed by atoms with Crippen LogP contribution in [0.3, 0.4) is 0 Å². The minimum Gasteiger partial charge on any atom is -0.414 e. The summed E-state index contributed by atoms with van der Waals surface area (Å²) in [6.45, 7) is 25.9. The summed E-state index contributed by atoms with van der Waals surface area (Å²) in [5.41, 5.74) is 2.32. The Morgan fingerprint density at radius 3 is 1.44 bits per heavy atom. The quantitative estimate of drug-likeness (QED) is 0.539. The highest BCUT2D eigenvalue weighted by Crippen LogP contribution is 2.26. The summed E-state index contributed by atoms with van der Waals surface area (Å²) in [5, 5.41) is 1.09. The van der Waals surface area contributed by atoms with Crippen molar-refractivity contribution < 1.29 is 12.3 Å². The SMILES string of the molecule is C=Cc1ccc([Si](O[Si](C)(C)C)(O[Si](C)(C)C)O[Si](C)(C)C)cc1C. The lowest BCUT2D eigenvalue weighted by Gasteiger charge is -2.43. The number of hydrogen-bond acceptors (Lipinski definition) is 3. The Labute approximate surface area is 159 Å². The first-order valence-electron chi connectivity index (χ1n) is 8.91. The molecule has 3 nitrogen and oxygen atoms in total. The van der Waals surface area contributed by atoms with Crippen LogP contribution in [0.1, 0.15) is 11.1 Å².